The van der Waals surface area contributed by atoms with Crippen LogP contribution in [0.5, 0.6) is 0 Å². The second-order valence-electron chi connectivity index (χ2n) is 5.48. The Morgan fingerprint density at radius 1 is 0.677 bits per heavy atom. The Morgan fingerprint density at radius 2 is 1.10 bits per heavy atom. The Morgan fingerprint density at radius 3 is 1.48 bits per heavy atom. The van der Waals surface area contributed by atoms with E-state index in [1.54, 1.807) is 0 Å². The van der Waals surface area contributed by atoms with Crippen molar-refractivity contribution in [1.82, 2.24) is 0 Å². The van der Waals surface area contributed by atoms with Crippen LogP contribution >= 0.6 is 95.6 Å². The summed E-state index contributed by atoms with van der Waals surface area (Å²) in [4.78, 5) is 6.16. The molecule has 2 aromatic rings. The molecule has 0 unspecified atom stereocenters. The van der Waals surface area contributed by atoms with E-state index < -0.39 is 24.0 Å². The van der Waals surface area contributed by atoms with Crippen LogP contribution in [0.1, 0.15) is 0 Å². The molecule has 3 nitrogen and oxygen atoms in total. The van der Waals surface area contributed by atoms with Gasteiger partial charge in [0.15, 0.2) is 0 Å². The van der Waals surface area contributed by atoms with Crippen LogP contribution in [0.25, 0.3) is 0 Å². The number of aliphatic imine (C=N–C) groups is 2. The molecule has 0 bridgehead atoms. The average Bonchev–Trinajstić information content (AvgIpc) is 2.55. The van der Waals surface area contributed by atoms with Crippen molar-refractivity contribution in [2.75, 3.05) is 5.32 Å². The molecule has 2 rings (SSSR count). The number of amidine groups is 2. The third-order valence-electron chi connectivity index (χ3n) is 3.19. The SMILES string of the molecule is FC(F)(F)C(=Nc1c(Br)cc(Br)cc1Br)N=C(Nc1c(Br)cc(Br)cc1Br)C(F)(F)F. The lowest BCUT2D eigenvalue weighted by Crippen LogP contribution is -2.34. The molecule has 0 aliphatic heterocycles. The highest BCUT2D eigenvalue weighted by Gasteiger charge is 2.42. The van der Waals surface area contributed by atoms with Gasteiger partial charge in [-0.15, -0.1) is 0 Å². The number of hydrogen-bond acceptors (Lipinski definition) is 1. The first kappa shape index (κ1) is 27.3. The average molecular weight is 833 g/mol. The third kappa shape index (κ3) is 7.52. The molecule has 2 aromatic carbocycles. The lowest BCUT2D eigenvalue weighted by Gasteiger charge is -2.17. The smallest absolute Gasteiger partial charge is 0.334 e. The summed E-state index contributed by atoms with van der Waals surface area (Å²) in [5.41, 5.74) is -0.460. The fraction of sp³-hybridized carbons (Fsp3) is 0.125. The first-order chi connectivity index (χ1) is 14.1. The quantitative estimate of drug-likeness (QED) is 0.183. The van der Waals surface area contributed by atoms with Crippen LogP contribution in [0.3, 0.4) is 0 Å². The van der Waals surface area contributed by atoms with E-state index in [1.807, 2.05) is 5.32 Å². The summed E-state index contributed by atoms with van der Waals surface area (Å²) in [7, 11) is 0. The molecule has 15 heteroatoms. The second-order valence-corrected chi connectivity index (χ2v) is 10.7. The molecule has 0 fully saturated rings. The fourth-order valence-corrected chi connectivity index (χ4v) is 6.84. The van der Waals surface area contributed by atoms with Crippen LogP contribution in [0, 0.1) is 0 Å². The van der Waals surface area contributed by atoms with E-state index in [-0.39, 0.29) is 29.3 Å². The molecule has 0 aromatic heterocycles. The molecule has 0 saturated heterocycles. The maximum absolute atomic E-state index is 13.6. The van der Waals surface area contributed by atoms with Crippen molar-refractivity contribution in [1.29, 1.82) is 0 Å². The molecule has 0 spiro atoms. The minimum Gasteiger partial charge on any atom is -0.334 e. The van der Waals surface area contributed by atoms with Crippen LogP contribution in [0.2, 0.25) is 0 Å². The standard InChI is InChI=1S/C16H5Br6F6N3/c17-5-1-7(19)11(8(20)2-5)29-13(15(23,24)25)31-14(16(26,27)28)30-12-9(21)3-6(18)4-10(12)22/h1-4H,(H,29,30,31). The van der Waals surface area contributed by atoms with Crippen LogP contribution < -0.4 is 5.32 Å². The Balaban J connectivity index is 2.68. The van der Waals surface area contributed by atoms with E-state index in [4.69, 9.17) is 0 Å². The van der Waals surface area contributed by atoms with Crippen LogP contribution in [-0.4, -0.2) is 24.0 Å². The second kappa shape index (κ2) is 10.5. The van der Waals surface area contributed by atoms with Gasteiger partial charge < -0.3 is 5.32 Å². The number of nitrogens with one attached hydrogen (secondary N) is 1. The summed E-state index contributed by atoms with van der Waals surface area (Å²) in [5.74, 6) is -3.91. The monoisotopic (exact) mass is 827 g/mol. The van der Waals surface area contributed by atoms with Gasteiger partial charge in [-0.25, -0.2) is 9.98 Å². The number of alkyl halides is 6. The van der Waals surface area contributed by atoms with E-state index in [1.165, 1.54) is 24.3 Å². The van der Waals surface area contributed by atoms with Gasteiger partial charge in [0.05, 0.1) is 11.4 Å². The van der Waals surface area contributed by atoms with Gasteiger partial charge in [-0.3, -0.25) is 0 Å². The van der Waals surface area contributed by atoms with Crippen LogP contribution in [0.4, 0.5) is 37.7 Å². The lowest BCUT2D eigenvalue weighted by atomic mass is 10.3. The van der Waals surface area contributed by atoms with Gasteiger partial charge in [-0.2, -0.15) is 26.3 Å². The highest BCUT2D eigenvalue weighted by Crippen LogP contribution is 2.39. The predicted molar refractivity (Wildman–Crippen MR) is 129 cm³/mol. The summed E-state index contributed by atoms with van der Waals surface area (Å²) in [5, 5.41) is 1.91. The topological polar surface area (TPSA) is 36.8 Å². The summed E-state index contributed by atoms with van der Waals surface area (Å²) in [6.45, 7) is 0. The minimum atomic E-state index is -5.28. The van der Waals surface area contributed by atoms with Crippen molar-refractivity contribution in [3.63, 3.8) is 0 Å². The maximum Gasteiger partial charge on any atom is 0.451 e. The normalized spacial score (nSPS) is 13.5. The Hall–Kier alpha value is 0.0400. The molecule has 1 N–H and O–H groups in total. The van der Waals surface area contributed by atoms with Gasteiger partial charge in [-0.05, 0) is 88.0 Å². The number of benzene rings is 2. The number of rotatable bonds is 2. The van der Waals surface area contributed by atoms with E-state index in [0.717, 1.165) is 0 Å². The molecular formula is C16H5Br6F6N3. The Bertz CT molecular complexity index is 1020. The van der Waals surface area contributed by atoms with Gasteiger partial charge in [0.1, 0.15) is 0 Å². The third-order valence-corrected chi connectivity index (χ3v) is 6.56. The van der Waals surface area contributed by atoms with Crippen molar-refractivity contribution in [3.05, 3.63) is 51.1 Å². The lowest BCUT2D eigenvalue weighted by molar-refractivity contribution is -0.0626. The first-order valence-electron chi connectivity index (χ1n) is 7.47. The van der Waals surface area contributed by atoms with Gasteiger partial charge in [0, 0.05) is 26.8 Å². The van der Waals surface area contributed by atoms with Crippen molar-refractivity contribution < 1.29 is 26.3 Å². The number of hydrogen-bond donors (Lipinski definition) is 1. The van der Waals surface area contributed by atoms with Gasteiger partial charge in [-0.1, -0.05) is 31.9 Å². The zero-order chi connectivity index (χ0) is 23.7. The Kier molecular flexibility index (Phi) is 9.27. The van der Waals surface area contributed by atoms with Crippen molar-refractivity contribution in [2.45, 2.75) is 12.4 Å². The molecule has 0 aliphatic carbocycles. The van der Waals surface area contributed by atoms with Crippen LogP contribution in [-0.2, 0) is 0 Å². The molecule has 0 aliphatic rings. The zero-order valence-electron chi connectivity index (χ0n) is 14.2. The number of nitrogens with zero attached hydrogens (tertiary/aromatic N) is 2. The van der Waals surface area contributed by atoms with E-state index in [9.17, 15) is 26.3 Å². The molecule has 0 radical (unpaired) electrons. The molecule has 0 atom stereocenters. The zero-order valence-corrected chi connectivity index (χ0v) is 23.8. The minimum absolute atomic E-state index is 0.102. The summed E-state index contributed by atoms with van der Waals surface area (Å²) in [6.07, 6.45) is -10.5. The largest absolute Gasteiger partial charge is 0.451 e. The number of anilines is 1. The summed E-state index contributed by atoms with van der Waals surface area (Å²) >= 11 is 18.5. The molecule has 31 heavy (non-hydrogen) atoms. The predicted octanol–water partition coefficient (Wildman–Crippen LogP) is 9.93. The molecule has 0 amide bonds. The molecular weight excluding hydrogens is 828 g/mol. The molecule has 0 heterocycles. The molecule has 0 saturated carbocycles. The summed E-state index contributed by atoms with van der Waals surface area (Å²) in [6, 6.07) is 5.60. The number of halogens is 12. The fourth-order valence-electron chi connectivity index (χ4n) is 1.95. The van der Waals surface area contributed by atoms with Crippen molar-refractivity contribution in [2.24, 2.45) is 9.98 Å². The molecule has 168 valence electrons. The highest BCUT2D eigenvalue weighted by atomic mass is 79.9. The maximum atomic E-state index is 13.6. The van der Waals surface area contributed by atoms with E-state index >= 15 is 0 Å². The van der Waals surface area contributed by atoms with E-state index in [0.29, 0.717) is 8.95 Å². The van der Waals surface area contributed by atoms with Crippen molar-refractivity contribution in [3.8, 4) is 0 Å². The first-order valence-corrected chi connectivity index (χ1v) is 12.2. The van der Waals surface area contributed by atoms with Crippen LogP contribution in [0.15, 0.2) is 61.1 Å². The highest BCUT2D eigenvalue weighted by molar-refractivity contribution is 9.12. The Labute approximate surface area is 221 Å². The van der Waals surface area contributed by atoms with E-state index in [2.05, 4.69) is 106 Å². The summed E-state index contributed by atoms with van der Waals surface area (Å²) < 4.78 is 82.9. The van der Waals surface area contributed by atoms with Crippen molar-refractivity contribution >= 4 is 119 Å². The van der Waals surface area contributed by atoms with Gasteiger partial charge >= 0.3 is 12.4 Å². The van der Waals surface area contributed by atoms with Gasteiger partial charge in [0.2, 0.25) is 11.7 Å². The van der Waals surface area contributed by atoms with Gasteiger partial charge in [0.25, 0.3) is 0 Å².